The number of pyridine rings is 1. The van der Waals surface area contributed by atoms with Crippen LogP contribution in [0.5, 0.6) is 0 Å². The zero-order valence-electron chi connectivity index (χ0n) is 22.1. The molecule has 5 aromatic rings. The lowest BCUT2D eigenvalue weighted by atomic mass is 9.98. The summed E-state index contributed by atoms with van der Waals surface area (Å²) in [6, 6.07) is 11.2. The standard InChI is InChI=1S/C28H27N5O6S2/c1-16-7-10-32(11-8-16)28(34)23(14-18-13-22-26(40-18)6-9-30-27(22)29)31-41(37,38)19-3-5-24-21(15-19)20-4-2-17(33(35)36)12-25(20)39-24/h2-6,9,12-13,15-16,23,31H,7-8,10-11,14H2,1H3,(H2,29,30). The number of fused-ring (bicyclic) bond motifs is 4. The number of sulfonamides is 1. The highest BCUT2D eigenvalue weighted by Gasteiger charge is 2.32. The molecule has 1 saturated heterocycles. The summed E-state index contributed by atoms with van der Waals surface area (Å²) >= 11 is 1.45. The Kier molecular flexibility index (Phi) is 6.88. The molecule has 3 aromatic heterocycles. The van der Waals surface area contributed by atoms with Crippen molar-refractivity contribution in [3.05, 3.63) is 69.7 Å². The van der Waals surface area contributed by atoms with E-state index in [2.05, 4.69) is 16.6 Å². The Morgan fingerprint density at radius 3 is 2.66 bits per heavy atom. The molecule has 6 rings (SSSR count). The maximum atomic E-state index is 13.7. The van der Waals surface area contributed by atoms with Gasteiger partial charge < -0.3 is 15.1 Å². The van der Waals surface area contributed by atoms with E-state index in [1.54, 1.807) is 11.1 Å². The summed E-state index contributed by atoms with van der Waals surface area (Å²) < 4.78 is 36.8. The number of hydrogen-bond donors (Lipinski definition) is 2. The second kappa shape index (κ2) is 10.4. The molecule has 1 atom stereocenters. The van der Waals surface area contributed by atoms with Crippen molar-refractivity contribution >= 4 is 70.8 Å². The molecule has 1 amide bonds. The highest BCUT2D eigenvalue weighted by Crippen LogP contribution is 2.33. The number of nitro groups is 1. The normalized spacial score (nSPS) is 15.6. The molecule has 1 unspecified atom stereocenters. The van der Waals surface area contributed by atoms with Gasteiger partial charge in [0.25, 0.3) is 5.69 Å². The second-order valence-corrected chi connectivity index (χ2v) is 13.3. The van der Waals surface area contributed by atoms with Crippen molar-refractivity contribution in [1.29, 1.82) is 0 Å². The fourth-order valence-electron chi connectivity index (χ4n) is 5.25. The number of nitrogens with zero attached hydrogens (tertiary/aromatic N) is 3. The predicted octanol–water partition coefficient (Wildman–Crippen LogP) is 4.83. The number of benzene rings is 2. The van der Waals surface area contributed by atoms with Gasteiger partial charge in [0.15, 0.2) is 0 Å². The van der Waals surface area contributed by atoms with E-state index in [9.17, 15) is 23.3 Å². The number of nitrogen functional groups attached to an aromatic ring is 1. The van der Waals surface area contributed by atoms with E-state index in [0.29, 0.717) is 41.2 Å². The number of nitrogens with one attached hydrogen (secondary N) is 1. The fourth-order valence-corrected chi connectivity index (χ4v) is 7.57. The van der Waals surface area contributed by atoms with Crippen LogP contribution in [0.15, 0.2) is 64.0 Å². The van der Waals surface area contributed by atoms with Gasteiger partial charge in [-0.1, -0.05) is 6.92 Å². The van der Waals surface area contributed by atoms with E-state index >= 15 is 0 Å². The van der Waals surface area contributed by atoms with E-state index in [-0.39, 0.29) is 28.5 Å². The molecule has 13 heteroatoms. The number of furan rings is 1. The molecular weight excluding hydrogens is 566 g/mol. The van der Waals surface area contributed by atoms with E-state index in [1.807, 2.05) is 12.1 Å². The molecule has 0 bridgehead atoms. The number of amides is 1. The van der Waals surface area contributed by atoms with Gasteiger partial charge in [-0.2, -0.15) is 4.72 Å². The van der Waals surface area contributed by atoms with Crippen molar-refractivity contribution in [2.75, 3.05) is 18.8 Å². The van der Waals surface area contributed by atoms with Crippen molar-refractivity contribution in [3.8, 4) is 0 Å². The van der Waals surface area contributed by atoms with Gasteiger partial charge >= 0.3 is 0 Å². The van der Waals surface area contributed by atoms with Crippen LogP contribution in [0.1, 0.15) is 24.6 Å². The highest BCUT2D eigenvalue weighted by molar-refractivity contribution is 7.89. The first-order chi connectivity index (χ1) is 19.6. The van der Waals surface area contributed by atoms with Crippen LogP contribution < -0.4 is 10.5 Å². The first-order valence-electron chi connectivity index (χ1n) is 13.1. The Morgan fingerprint density at radius 2 is 1.93 bits per heavy atom. The van der Waals surface area contributed by atoms with Crippen LogP contribution in [0.4, 0.5) is 11.5 Å². The van der Waals surface area contributed by atoms with Gasteiger partial charge in [-0.15, -0.1) is 11.3 Å². The monoisotopic (exact) mass is 593 g/mol. The van der Waals surface area contributed by atoms with E-state index in [4.69, 9.17) is 10.2 Å². The van der Waals surface area contributed by atoms with Gasteiger partial charge in [0.2, 0.25) is 15.9 Å². The van der Waals surface area contributed by atoms with E-state index < -0.39 is 21.0 Å². The topological polar surface area (TPSA) is 162 Å². The molecule has 41 heavy (non-hydrogen) atoms. The van der Waals surface area contributed by atoms with Crippen LogP contribution in [0, 0.1) is 16.0 Å². The number of non-ortho nitro benzene ring substituents is 1. The Balaban J connectivity index is 1.34. The van der Waals surface area contributed by atoms with Gasteiger partial charge in [0.05, 0.1) is 15.9 Å². The molecule has 4 heterocycles. The summed E-state index contributed by atoms with van der Waals surface area (Å²) in [5, 5.41) is 13.0. The number of anilines is 1. The summed E-state index contributed by atoms with van der Waals surface area (Å²) in [6.07, 6.45) is 3.49. The molecule has 3 N–H and O–H groups in total. The molecule has 11 nitrogen and oxygen atoms in total. The molecule has 0 spiro atoms. The molecule has 212 valence electrons. The third-order valence-corrected chi connectivity index (χ3v) is 10.2. The van der Waals surface area contributed by atoms with Crippen LogP contribution in [0.3, 0.4) is 0 Å². The number of nitro benzene ring substituents is 1. The zero-order valence-corrected chi connectivity index (χ0v) is 23.7. The highest BCUT2D eigenvalue weighted by atomic mass is 32.2. The van der Waals surface area contributed by atoms with Crippen LogP contribution in [0.2, 0.25) is 0 Å². The van der Waals surface area contributed by atoms with Crippen molar-refractivity contribution in [2.45, 2.75) is 37.1 Å². The Labute approximate surface area is 239 Å². The summed E-state index contributed by atoms with van der Waals surface area (Å²) in [6.45, 7) is 3.28. The molecule has 0 saturated carbocycles. The second-order valence-electron chi connectivity index (χ2n) is 10.4. The van der Waals surface area contributed by atoms with E-state index in [1.165, 1.54) is 47.7 Å². The van der Waals surface area contributed by atoms with Crippen LogP contribution in [0.25, 0.3) is 32.0 Å². The number of rotatable bonds is 7. The molecule has 1 aliphatic rings. The SMILES string of the molecule is CC1CCN(C(=O)C(Cc2cc3c(N)nccc3s2)NS(=O)(=O)c2ccc3oc4cc([N+](=O)[O-])ccc4c3c2)CC1. The van der Waals surface area contributed by atoms with Gasteiger partial charge in [0, 0.05) is 57.5 Å². The number of hydrogen-bond acceptors (Lipinski definition) is 9. The molecule has 1 fully saturated rings. The molecule has 0 radical (unpaired) electrons. The largest absolute Gasteiger partial charge is 0.456 e. The summed E-state index contributed by atoms with van der Waals surface area (Å²) in [4.78, 5) is 31.0. The van der Waals surface area contributed by atoms with Gasteiger partial charge in [0.1, 0.15) is 23.0 Å². The third-order valence-electron chi connectivity index (χ3n) is 7.57. The smallest absolute Gasteiger partial charge is 0.273 e. The lowest BCUT2D eigenvalue weighted by Crippen LogP contribution is -2.51. The summed E-state index contributed by atoms with van der Waals surface area (Å²) in [5.41, 5.74) is 6.58. The number of aromatic nitrogens is 1. The first kappa shape index (κ1) is 27.1. The van der Waals surface area contributed by atoms with E-state index in [0.717, 1.165) is 27.8 Å². The van der Waals surface area contributed by atoms with Crippen LogP contribution in [-0.4, -0.2) is 48.3 Å². The number of carbonyl (C=O) groups excluding carboxylic acids is 1. The Hall–Kier alpha value is -4.07. The minimum Gasteiger partial charge on any atom is -0.456 e. The van der Waals surface area contributed by atoms with Crippen molar-refractivity contribution in [3.63, 3.8) is 0 Å². The zero-order chi connectivity index (χ0) is 28.9. The number of nitrogens with two attached hydrogens (primary N) is 1. The number of likely N-dealkylation sites (tertiary alicyclic amines) is 1. The van der Waals surface area contributed by atoms with Crippen LogP contribution in [-0.2, 0) is 21.2 Å². The predicted molar refractivity (Wildman–Crippen MR) is 157 cm³/mol. The minimum atomic E-state index is -4.15. The van der Waals surface area contributed by atoms with Gasteiger partial charge in [-0.05, 0) is 55.2 Å². The quantitative estimate of drug-likeness (QED) is 0.200. The third kappa shape index (κ3) is 5.23. The summed E-state index contributed by atoms with van der Waals surface area (Å²) in [5.74, 6) is 0.612. The fraction of sp³-hybridized carbons (Fsp3) is 0.286. The summed E-state index contributed by atoms with van der Waals surface area (Å²) in [7, 11) is -4.15. The maximum Gasteiger partial charge on any atom is 0.273 e. The van der Waals surface area contributed by atoms with Crippen molar-refractivity contribution in [1.82, 2.24) is 14.6 Å². The maximum absolute atomic E-state index is 13.7. The van der Waals surface area contributed by atoms with Crippen molar-refractivity contribution < 1.29 is 22.6 Å². The minimum absolute atomic E-state index is 0.0408. The molecule has 0 aliphatic carbocycles. The molecule has 1 aliphatic heterocycles. The number of carbonyl (C=O) groups is 1. The van der Waals surface area contributed by atoms with Gasteiger partial charge in [-0.3, -0.25) is 14.9 Å². The average Bonchev–Trinajstić information content (AvgIpc) is 3.53. The molecule has 2 aromatic carbocycles. The Bertz CT molecular complexity index is 1920. The average molecular weight is 594 g/mol. The number of thiophene rings is 1. The number of piperidine rings is 1. The lowest BCUT2D eigenvalue weighted by Gasteiger charge is -2.33. The Morgan fingerprint density at radius 1 is 1.15 bits per heavy atom. The molecular formula is C28H27N5O6S2. The van der Waals surface area contributed by atoms with Crippen LogP contribution >= 0.6 is 11.3 Å². The lowest BCUT2D eigenvalue weighted by molar-refractivity contribution is -0.384. The van der Waals surface area contributed by atoms with Gasteiger partial charge in [-0.25, -0.2) is 13.4 Å². The van der Waals surface area contributed by atoms with Crippen molar-refractivity contribution in [2.24, 2.45) is 5.92 Å². The first-order valence-corrected chi connectivity index (χ1v) is 15.4.